The predicted octanol–water partition coefficient (Wildman–Crippen LogP) is 2.99. The smallest absolute Gasteiger partial charge is 0.322 e. The number of nitrogens with zero attached hydrogens (tertiary/aromatic N) is 1. The van der Waals surface area contributed by atoms with E-state index in [4.69, 9.17) is 5.73 Å². The van der Waals surface area contributed by atoms with Crippen LogP contribution in [0.4, 0.5) is 16.2 Å². The summed E-state index contributed by atoms with van der Waals surface area (Å²) in [5.74, 6) is 0. The number of hydrogen-bond acceptors (Lipinski definition) is 2. The van der Waals surface area contributed by atoms with Crippen molar-refractivity contribution in [2.24, 2.45) is 0 Å². The molecule has 0 atom stereocenters. The number of hydrogen-bond donors (Lipinski definition) is 2. The number of urea groups is 1. The number of nitrogen functional groups attached to an aromatic ring is 1. The molecule has 1 rings (SSSR count). The quantitative estimate of drug-likeness (QED) is 0.809. The Kier molecular flexibility index (Phi) is 4.59. The van der Waals surface area contributed by atoms with Crippen LogP contribution in [0.2, 0.25) is 0 Å². The topological polar surface area (TPSA) is 58.4 Å². The molecule has 0 aromatic heterocycles. The summed E-state index contributed by atoms with van der Waals surface area (Å²) in [4.78, 5) is 14.0. The third kappa shape index (κ3) is 4.28. The second-order valence-electron chi connectivity index (χ2n) is 5.43. The molecule has 0 unspecified atom stereocenters. The molecule has 100 valence electrons. The molecule has 0 fully saturated rings. The Morgan fingerprint density at radius 1 is 1.39 bits per heavy atom. The fourth-order valence-electron chi connectivity index (χ4n) is 1.65. The van der Waals surface area contributed by atoms with Crippen molar-refractivity contribution >= 4 is 17.4 Å². The number of amides is 2. The molecule has 4 nitrogen and oxygen atoms in total. The highest BCUT2D eigenvalue weighted by Crippen LogP contribution is 2.18. The van der Waals surface area contributed by atoms with Crippen molar-refractivity contribution in [2.45, 2.75) is 39.7 Å². The van der Waals surface area contributed by atoms with Gasteiger partial charge in [-0.05, 0) is 45.4 Å². The highest BCUT2D eigenvalue weighted by Gasteiger charge is 2.20. The fourth-order valence-corrected chi connectivity index (χ4v) is 1.65. The molecule has 18 heavy (non-hydrogen) atoms. The van der Waals surface area contributed by atoms with Crippen LogP contribution in [-0.4, -0.2) is 18.1 Å². The van der Waals surface area contributed by atoms with E-state index in [1.165, 1.54) is 0 Å². The molecule has 3 N–H and O–H groups in total. The first-order valence-corrected chi connectivity index (χ1v) is 6.28. The summed E-state index contributed by atoms with van der Waals surface area (Å²) in [5, 5.41) is 2.97. The van der Waals surface area contributed by atoms with Crippen molar-refractivity contribution in [1.82, 2.24) is 5.32 Å². The standard InChI is InChI=1S/C14H23N3O/c1-5-9-17(13(18)16-14(2,3)4)12-8-6-7-11(15)10-12/h6-8,10H,5,9,15H2,1-4H3,(H,16,18). The van der Waals surface area contributed by atoms with Crippen molar-refractivity contribution < 1.29 is 4.79 Å². The summed E-state index contributed by atoms with van der Waals surface area (Å²) in [6.45, 7) is 8.62. The lowest BCUT2D eigenvalue weighted by molar-refractivity contribution is 0.237. The number of nitrogens with two attached hydrogens (primary N) is 1. The lowest BCUT2D eigenvalue weighted by Gasteiger charge is -2.28. The zero-order valence-corrected chi connectivity index (χ0v) is 11.7. The van der Waals surface area contributed by atoms with E-state index in [1.807, 2.05) is 52.0 Å². The zero-order chi connectivity index (χ0) is 13.8. The van der Waals surface area contributed by atoms with Gasteiger partial charge in [-0.15, -0.1) is 0 Å². The van der Waals surface area contributed by atoms with Gasteiger partial charge in [0.2, 0.25) is 0 Å². The molecule has 0 bridgehead atoms. The molecule has 0 aliphatic carbocycles. The van der Waals surface area contributed by atoms with Crippen molar-refractivity contribution in [2.75, 3.05) is 17.2 Å². The fraction of sp³-hybridized carbons (Fsp3) is 0.500. The maximum atomic E-state index is 12.2. The van der Waals surface area contributed by atoms with Crippen LogP contribution in [0.25, 0.3) is 0 Å². The minimum atomic E-state index is -0.247. The van der Waals surface area contributed by atoms with Gasteiger partial charge in [-0.3, -0.25) is 4.90 Å². The van der Waals surface area contributed by atoms with Crippen LogP contribution < -0.4 is 16.0 Å². The van der Waals surface area contributed by atoms with Gasteiger partial charge in [-0.1, -0.05) is 13.0 Å². The maximum absolute atomic E-state index is 12.2. The van der Waals surface area contributed by atoms with E-state index in [2.05, 4.69) is 5.32 Å². The lowest BCUT2D eigenvalue weighted by Crippen LogP contribution is -2.49. The second kappa shape index (κ2) is 5.76. The highest BCUT2D eigenvalue weighted by molar-refractivity contribution is 5.92. The van der Waals surface area contributed by atoms with E-state index < -0.39 is 0 Å². The van der Waals surface area contributed by atoms with Crippen LogP contribution in [0.15, 0.2) is 24.3 Å². The second-order valence-corrected chi connectivity index (χ2v) is 5.43. The Bertz CT molecular complexity index is 410. The van der Waals surface area contributed by atoms with Gasteiger partial charge >= 0.3 is 6.03 Å². The van der Waals surface area contributed by atoms with Gasteiger partial charge in [0.1, 0.15) is 0 Å². The molecular formula is C14H23N3O. The molecule has 0 saturated carbocycles. The number of anilines is 2. The summed E-state index contributed by atoms with van der Waals surface area (Å²) in [5.41, 5.74) is 7.01. The molecule has 1 aromatic rings. The number of nitrogens with one attached hydrogen (secondary N) is 1. The van der Waals surface area contributed by atoms with Crippen LogP contribution in [0, 0.1) is 0 Å². The molecule has 1 aromatic carbocycles. The van der Waals surface area contributed by atoms with E-state index in [1.54, 1.807) is 4.90 Å². The average molecular weight is 249 g/mol. The number of carbonyl (C=O) groups is 1. The van der Waals surface area contributed by atoms with Crippen LogP contribution >= 0.6 is 0 Å². The van der Waals surface area contributed by atoms with E-state index in [0.29, 0.717) is 12.2 Å². The Morgan fingerprint density at radius 2 is 2.06 bits per heavy atom. The van der Waals surface area contributed by atoms with Crippen LogP contribution in [-0.2, 0) is 0 Å². The third-order valence-electron chi connectivity index (χ3n) is 2.36. The number of carbonyl (C=O) groups excluding carboxylic acids is 1. The van der Waals surface area contributed by atoms with Gasteiger partial charge in [0, 0.05) is 23.5 Å². The Hall–Kier alpha value is -1.71. The van der Waals surface area contributed by atoms with E-state index >= 15 is 0 Å². The molecule has 2 amide bonds. The van der Waals surface area contributed by atoms with Gasteiger partial charge in [-0.2, -0.15) is 0 Å². The minimum Gasteiger partial charge on any atom is -0.399 e. The summed E-state index contributed by atoms with van der Waals surface area (Å²) in [6, 6.07) is 7.30. The first-order chi connectivity index (χ1) is 8.33. The highest BCUT2D eigenvalue weighted by atomic mass is 16.2. The van der Waals surface area contributed by atoms with Crippen LogP contribution in [0.1, 0.15) is 34.1 Å². The summed E-state index contributed by atoms with van der Waals surface area (Å²) in [7, 11) is 0. The van der Waals surface area contributed by atoms with Gasteiger partial charge < -0.3 is 11.1 Å². The van der Waals surface area contributed by atoms with E-state index in [0.717, 1.165) is 12.1 Å². The van der Waals surface area contributed by atoms with E-state index in [-0.39, 0.29) is 11.6 Å². The first-order valence-electron chi connectivity index (χ1n) is 6.28. The molecule has 4 heteroatoms. The molecule has 0 aliphatic rings. The normalized spacial score (nSPS) is 11.1. The van der Waals surface area contributed by atoms with Gasteiger partial charge in [-0.25, -0.2) is 4.79 Å². The summed E-state index contributed by atoms with van der Waals surface area (Å²) >= 11 is 0. The molecule has 0 saturated heterocycles. The van der Waals surface area contributed by atoms with Crippen molar-refractivity contribution in [3.8, 4) is 0 Å². The Morgan fingerprint density at radius 3 is 2.56 bits per heavy atom. The molecule has 0 aliphatic heterocycles. The molecule has 0 spiro atoms. The zero-order valence-electron chi connectivity index (χ0n) is 11.7. The molecular weight excluding hydrogens is 226 g/mol. The van der Waals surface area contributed by atoms with Crippen LogP contribution in [0.5, 0.6) is 0 Å². The molecule has 0 radical (unpaired) electrons. The number of rotatable bonds is 3. The van der Waals surface area contributed by atoms with Gasteiger partial charge in [0.15, 0.2) is 0 Å². The molecule has 0 heterocycles. The van der Waals surface area contributed by atoms with Crippen LogP contribution in [0.3, 0.4) is 0 Å². The predicted molar refractivity (Wildman–Crippen MR) is 76.8 cm³/mol. The monoisotopic (exact) mass is 249 g/mol. The largest absolute Gasteiger partial charge is 0.399 e. The van der Waals surface area contributed by atoms with Crippen molar-refractivity contribution in [3.05, 3.63) is 24.3 Å². The summed E-state index contributed by atoms with van der Waals surface area (Å²) < 4.78 is 0. The SMILES string of the molecule is CCCN(C(=O)NC(C)(C)C)c1cccc(N)c1. The third-order valence-corrected chi connectivity index (χ3v) is 2.36. The maximum Gasteiger partial charge on any atom is 0.322 e. The van der Waals surface area contributed by atoms with Gasteiger partial charge in [0.05, 0.1) is 0 Å². The Labute approximate surface area is 109 Å². The number of benzene rings is 1. The average Bonchev–Trinajstić information content (AvgIpc) is 2.23. The van der Waals surface area contributed by atoms with Crippen molar-refractivity contribution in [1.29, 1.82) is 0 Å². The Balaban J connectivity index is 2.92. The summed E-state index contributed by atoms with van der Waals surface area (Å²) in [6.07, 6.45) is 0.895. The van der Waals surface area contributed by atoms with Gasteiger partial charge in [0.25, 0.3) is 0 Å². The van der Waals surface area contributed by atoms with E-state index in [9.17, 15) is 4.79 Å². The van der Waals surface area contributed by atoms with Crippen molar-refractivity contribution in [3.63, 3.8) is 0 Å². The first kappa shape index (κ1) is 14.4. The lowest BCUT2D eigenvalue weighted by atomic mass is 10.1. The minimum absolute atomic E-state index is 0.0880.